The van der Waals surface area contributed by atoms with Crippen molar-refractivity contribution in [3.05, 3.63) is 75.6 Å². The summed E-state index contributed by atoms with van der Waals surface area (Å²) in [6, 6.07) is 9.40. The van der Waals surface area contributed by atoms with Gasteiger partial charge in [-0.15, -0.1) is 0 Å². The fourth-order valence-corrected chi connectivity index (χ4v) is 9.94. The van der Waals surface area contributed by atoms with Gasteiger partial charge in [-0.3, -0.25) is 44.0 Å². The van der Waals surface area contributed by atoms with Crippen LogP contribution in [-0.2, 0) is 16.1 Å². The number of imide groups is 2. The van der Waals surface area contributed by atoms with E-state index in [1.165, 1.54) is 12.7 Å². The third-order valence-corrected chi connectivity index (χ3v) is 13.5. The monoisotopic (exact) mass is 859 g/mol. The van der Waals surface area contributed by atoms with Crippen LogP contribution in [0.3, 0.4) is 0 Å². The Morgan fingerprint density at radius 3 is 2.25 bits per heavy atom. The quantitative estimate of drug-likeness (QED) is 0.232. The van der Waals surface area contributed by atoms with E-state index in [9.17, 15) is 29.2 Å². The molecule has 2 aromatic carbocycles. The fraction of sp³-hybridized carbons (Fsp3) is 0.532. The van der Waals surface area contributed by atoms with Gasteiger partial charge in [0.25, 0.3) is 17.7 Å². The topological polar surface area (TPSA) is 190 Å². The van der Waals surface area contributed by atoms with Gasteiger partial charge in [-0.1, -0.05) is 12.1 Å². The number of rotatable bonds is 13. The van der Waals surface area contributed by atoms with Crippen LogP contribution < -0.4 is 25.0 Å². The first-order valence-electron chi connectivity index (χ1n) is 22.3. The zero-order valence-corrected chi connectivity index (χ0v) is 36.8. The number of piperidine rings is 3. The number of carbonyl (C=O) groups is 5. The summed E-state index contributed by atoms with van der Waals surface area (Å²) in [6.07, 6.45) is 8.69. The number of amides is 5. The Balaban J connectivity index is 0.778. The Bertz CT molecular complexity index is 2280. The molecule has 1 atom stereocenters. The number of aromatic nitrogens is 2. The van der Waals surface area contributed by atoms with Gasteiger partial charge >= 0.3 is 0 Å². The molecule has 0 radical (unpaired) electrons. The first-order chi connectivity index (χ1) is 30.3. The standard InChI is InChI=1S/C47H57N9O7/c1-27(2)55(34-18-35(19-34)63-36-20-37-42(40(21-36)62-5)46(61)56(45(37)60)39-6-7-41(57)52-44(39)59)26-30-8-14-54(15-9-30)47-49-23-32(24-50-47)43(58)51-33-10-12-53(13-11-33)25-31-16-28(3)38(22-48)29(4)17-31/h16-17,20-21,23-24,27,30,33-35,39H,6-15,18-19,25-26H2,1-5H3,(H,51,58)(H,52,57,59). The van der Waals surface area contributed by atoms with Crippen LogP contribution in [0.4, 0.5) is 5.95 Å². The summed E-state index contributed by atoms with van der Waals surface area (Å²) in [5.41, 5.74) is 4.68. The van der Waals surface area contributed by atoms with Crippen LogP contribution in [0.1, 0.15) is 119 Å². The van der Waals surface area contributed by atoms with Gasteiger partial charge < -0.3 is 19.7 Å². The number of hydrogen-bond acceptors (Lipinski definition) is 13. The molecule has 5 aliphatic rings. The molecule has 1 aromatic heterocycles. The lowest BCUT2D eigenvalue weighted by molar-refractivity contribution is -0.136. The van der Waals surface area contributed by atoms with E-state index in [1.54, 1.807) is 24.5 Å². The zero-order valence-electron chi connectivity index (χ0n) is 36.8. The van der Waals surface area contributed by atoms with Crippen LogP contribution in [0.5, 0.6) is 11.5 Å². The minimum Gasteiger partial charge on any atom is -0.496 e. The second kappa shape index (κ2) is 18.4. The van der Waals surface area contributed by atoms with Gasteiger partial charge in [0.05, 0.1) is 35.4 Å². The number of aryl methyl sites for hydroxylation is 2. The van der Waals surface area contributed by atoms with Crippen molar-refractivity contribution in [3.63, 3.8) is 0 Å². The summed E-state index contributed by atoms with van der Waals surface area (Å²) in [4.78, 5) is 81.6. The predicted octanol–water partition coefficient (Wildman–Crippen LogP) is 4.31. The van der Waals surface area contributed by atoms with Crippen molar-refractivity contribution < 1.29 is 33.4 Å². The number of nitriles is 1. The molecular formula is C47H57N9O7. The Labute approximate surface area is 368 Å². The average Bonchev–Trinajstić information content (AvgIpc) is 3.50. The molecule has 0 bridgehead atoms. The Kier molecular flexibility index (Phi) is 12.8. The van der Waals surface area contributed by atoms with Crippen molar-refractivity contribution in [2.45, 2.75) is 116 Å². The number of nitrogens with zero attached hydrogens (tertiary/aromatic N) is 7. The van der Waals surface area contributed by atoms with Crippen LogP contribution in [0.2, 0.25) is 0 Å². The molecule has 4 fully saturated rings. The van der Waals surface area contributed by atoms with Crippen LogP contribution >= 0.6 is 0 Å². The molecule has 4 aliphatic heterocycles. The highest BCUT2D eigenvalue weighted by atomic mass is 16.5. The number of methoxy groups -OCH3 is 1. The zero-order chi connectivity index (χ0) is 44.5. The summed E-state index contributed by atoms with van der Waals surface area (Å²) in [7, 11) is 1.43. The number of nitrogens with one attached hydrogen (secondary N) is 2. The van der Waals surface area contributed by atoms with E-state index in [-0.39, 0.29) is 47.8 Å². The molecule has 0 spiro atoms. The highest BCUT2D eigenvalue weighted by molar-refractivity contribution is 6.24. The molecule has 5 heterocycles. The van der Waals surface area contributed by atoms with Gasteiger partial charge in [-0.05, 0) is 88.5 Å². The van der Waals surface area contributed by atoms with E-state index >= 15 is 0 Å². The van der Waals surface area contributed by atoms with E-state index in [2.05, 4.69) is 67.4 Å². The number of benzene rings is 2. The van der Waals surface area contributed by atoms with Crippen LogP contribution in [0.25, 0.3) is 0 Å². The van der Waals surface area contributed by atoms with Gasteiger partial charge in [-0.25, -0.2) is 9.97 Å². The molecule has 1 saturated carbocycles. The Morgan fingerprint density at radius 2 is 1.63 bits per heavy atom. The molecule has 5 amide bonds. The average molecular weight is 860 g/mol. The number of hydrogen-bond donors (Lipinski definition) is 2. The lowest BCUT2D eigenvalue weighted by Crippen LogP contribution is -2.54. The molecule has 2 N–H and O–H groups in total. The maximum atomic E-state index is 13.5. The summed E-state index contributed by atoms with van der Waals surface area (Å²) in [5, 5.41) is 14.8. The minimum atomic E-state index is -1.06. The van der Waals surface area contributed by atoms with E-state index in [0.717, 1.165) is 99.4 Å². The number of ether oxygens (including phenoxy) is 2. The smallest absolute Gasteiger partial charge is 0.266 e. The number of anilines is 1. The highest BCUT2D eigenvalue weighted by Crippen LogP contribution is 2.39. The first-order valence-corrected chi connectivity index (χ1v) is 22.3. The SMILES string of the molecule is COc1cc(OC2CC(N(CC3CCN(c4ncc(C(=O)NC5CCN(Cc6cc(C)c(C#N)c(C)c6)CC5)cn4)CC3)C(C)C)C2)cc2c1C(=O)N(C1CCC(=O)NC1=O)C2=O. The summed E-state index contributed by atoms with van der Waals surface area (Å²) in [6.45, 7) is 13.7. The largest absolute Gasteiger partial charge is 0.496 e. The van der Waals surface area contributed by atoms with Crippen molar-refractivity contribution in [2.75, 3.05) is 44.7 Å². The van der Waals surface area contributed by atoms with Crippen LogP contribution in [-0.4, -0.2) is 124 Å². The van der Waals surface area contributed by atoms with E-state index in [0.29, 0.717) is 35.3 Å². The maximum Gasteiger partial charge on any atom is 0.266 e. The number of fused-ring (bicyclic) bond motifs is 1. The Morgan fingerprint density at radius 1 is 0.952 bits per heavy atom. The molecule has 63 heavy (non-hydrogen) atoms. The van der Waals surface area contributed by atoms with Gasteiger partial charge in [0, 0.05) is 95.1 Å². The third-order valence-electron chi connectivity index (χ3n) is 13.5. The molecule has 3 aromatic rings. The highest BCUT2D eigenvalue weighted by Gasteiger charge is 2.47. The Hall–Kier alpha value is -5.92. The fourth-order valence-electron chi connectivity index (χ4n) is 9.94. The molecular weight excluding hydrogens is 803 g/mol. The maximum absolute atomic E-state index is 13.5. The first kappa shape index (κ1) is 43.7. The van der Waals surface area contributed by atoms with Gasteiger partial charge in [-0.2, -0.15) is 5.26 Å². The molecule has 1 aliphatic carbocycles. The summed E-state index contributed by atoms with van der Waals surface area (Å²) >= 11 is 0. The van der Waals surface area contributed by atoms with Crippen molar-refractivity contribution in [3.8, 4) is 17.6 Å². The summed E-state index contributed by atoms with van der Waals surface area (Å²) < 4.78 is 11.9. The van der Waals surface area contributed by atoms with Crippen molar-refractivity contribution in [1.29, 1.82) is 5.26 Å². The second-order valence-corrected chi connectivity index (χ2v) is 18.1. The third kappa shape index (κ3) is 9.26. The van der Waals surface area contributed by atoms with Crippen LogP contribution in [0.15, 0.2) is 36.7 Å². The minimum absolute atomic E-state index is 0.0444. The van der Waals surface area contributed by atoms with E-state index < -0.39 is 29.7 Å². The van der Waals surface area contributed by atoms with Crippen molar-refractivity contribution in [2.24, 2.45) is 5.92 Å². The lowest BCUT2D eigenvalue weighted by atomic mass is 9.85. The van der Waals surface area contributed by atoms with E-state index in [4.69, 9.17) is 9.47 Å². The molecule has 8 rings (SSSR count). The number of carbonyl (C=O) groups excluding carboxylic acids is 5. The van der Waals surface area contributed by atoms with E-state index in [1.807, 2.05) is 13.8 Å². The predicted molar refractivity (Wildman–Crippen MR) is 232 cm³/mol. The summed E-state index contributed by atoms with van der Waals surface area (Å²) in [5.74, 6) is -0.667. The molecule has 332 valence electrons. The van der Waals surface area contributed by atoms with Gasteiger partial charge in [0.2, 0.25) is 17.8 Å². The molecule has 16 heteroatoms. The molecule has 1 unspecified atom stereocenters. The molecule has 16 nitrogen and oxygen atoms in total. The number of likely N-dealkylation sites (tertiary alicyclic amines) is 1. The van der Waals surface area contributed by atoms with Gasteiger partial charge in [0.1, 0.15) is 23.6 Å². The van der Waals surface area contributed by atoms with Gasteiger partial charge in [0.15, 0.2) is 0 Å². The normalized spacial score (nSPS) is 22.2. The molecule has 3 saturated heterocycles. The van der Waals surface area contributed by atoms with Crippen molar-refractivity contribution >= 4 is 35.5 Å². The van der Waals surface area contributed by atoms with Crippen molar-refractivity contribution in [1.82, 2.24) is 35.3 Å². The van der Waals surface area contributed by atoms with Crippen LogP contribution in [0, 0.1) is 31.1 Å². The second-order valence-electron chi connectivity index (χ2n) is 18.1. The lowest BCUT2D eigenvalue weighted by Gasteiger charge is -2.46.